The van der Waals surface area contributed by atoms with Gasteiger partial charge in [0.2, 0.25) is 5.88 Å². The average Bonchev–Trinajstić information content (AvgIpc) is 2.50. The predicted molar refractivity (Wildman–Crippen MR) is 83.9 cm³/mol. The summed E-state index contributed by atoms with van der Waals surface area (Å²) in [6.07, 6.45) is 1.47. The number of rotatable bonds is 4. The van der Waals surface area contributed by atoms with Crippen LogP contribution in [0.3, 0.4) is 0 Å². The molecule has 1 heterocycles. The Hall–Kier alpha value is -1.82. The van der Waals surface area contributed by atoms with Gasteiger partial charge < -0.3 is 10.1 Å². The number of carbonyl (C=O) groups excluding carboxylic acids is 1. The number of anilines is 1. The van der Waals surface area contributed by atoms with Crippen LogP contribution >= 0.6 is 34.8 Å². The van der Waals surface area contributed by atoms with E-state index >= 15 is 0 Å². The van der Waals surface area contributed by atoms with E-state index in [1.54, 1.807) is 12.1 Å². The van der Waals surface area contributed by atoms with Crippen LogP contribution in [0.15, 0.2) is 52.1 Å². The van der Waals surface area contributed by atoms with Gasteiger partial charge in [-0.25, -0.2) is 9.37 Å². The maximum atomic E-state index is 12.9. The molecule has 0 saturated heterocycles. The third-order valence-corrected chi connectivity index (χ3v) is 3.34. The zero-order valence-corrected chi connectivity index (χ0v) is 13.1. The lowest BCUT2D eigenvalue weighted by Crippen LogP contribution is -2.13. The number of ether oxygens (including phenoxy) is 1. The number of nitrogens with zero attached hydrogens (tertiary/aromatic N) is 1. The Balaban J connectivity index is 2.22. The molecule has 22 heavy (non-hydrogen) atoms. The molecule has 114 valence electrons. The van der Waals surface area contributed by atoms with Gasteiger partial charge in [-0.05, 0) is 36.4 Å². The molecular formula is C14H8Cl3FN2O2. The molecule has 0 aliphatic rings. The van der Waals surface area contributed by atoms with Crippen molar-refractivity contribution in [3.05, 3.63) is 57.9 Å². The highest BCUT2D eigenvalue weighted by atomic mass is 35.5. The van der Waals surface area contributed by atoms with Crippen LogP contribution in [-0.2, 0) is 4.79 Å². The lowest BCUT2D eigenvalue weighted by Gasteiger charge is -2.10. The second-order valence-corrected chi connectivity index (χ2v) is 5.27. The Labute approximate surface area is 140 Å². The number of hydrogen-bond donors (Lipinski definition) is 1. The number of hydrogen-bond acceptors (Lipinski definition) is 3. The summed E-state index contributed by atoms with van der Waals surface area (Å²) in [6, 6.07) is 8.48. The Morgan fingerprint density at radius 2 is 1.82 bits per heavy atom. The maximum Gasteiger partial charge on any atom is 0.269 e. The van der Waals surface area contributed by atoms with Crippen molar-refractivity contribution in [3.63, 3.8) is 0 Å². The van der Waals surface area contributed by atoms with Crippen molar-refractivity contribution < 1.29 is 13.9 Å². The van der Waals surface area contributed by atoms with Crippen LogP contribution in [0.5, 0.6) is 11.6 Å². The molecule has 2 aromatic rings. The number of carbonyl (C=O) groups is 1. The predicted octanol–water partition coefficient (Wildman–Crippen LogP) is 4.84. The van der Waals surface area contributed by atoms with Crippen molar-refractivity contribution in [1.82, 2.24) is 4.98 Å². The Kier molecular flexibility index (Phi) is 5.60. The lowest BCUT2D eigenvalue weighted by molar-refractivity contribution is -0.112. The number of aromatic nitrogens is 1. The number of benzene rings is 1. The van der Waals surface area contributed by atoms with Gasteiger partial charge in [0.15, 0.2) is 0 Å². The van der Waals surface area contributed by atoms with Gasteiger partial charge in [0.05, 0.1) is 0 Å². The molecule has 0 aliphatic heterocycles. The fraction of sp³-hybridized carbons (Fsp3) is 0. The molecule has 0 fully saturated rings. The molecule has 0 saturated carbocycles. The summed E-state index contributed by atoms with van der Waals surface area (Å²) in [5.41, 5.74) is 0.254. The van der Waals surface area contributed by atoms with Crippen LogP contribution in [0.4, 0.5) is 10.1 Å². The minimum atomic E-state index is -0.710. The van der Waals surface area contributed by atoms with Gasteiger partial charge in [0.25, 0.3) is 5.91 Å². The van der Waals surface area contributed by atoms with Gasteiger partial charge in [0, 0.05) is 6.20 Å². The van der Waals surface area contributed by atoms with E-state index in [2.05, 4.69) is 10.3 Å². The highest BCUT2D eigenvalue weighted by molar-refractivity contribution is 6.63. The molecule has 1 aromatic carbocycles. The Morgan fingerprint density at radius 3 is 2.45 bits per heavy atom. The van der Waals surface area contributed by atoms with Crippen LogP contribution in [-0.4, -0.2) is 10.9 Å². The number of pyridine rings is 1. The van der Waals surface area contributed by atoms with E-state index in [0.29, 0.717) is 5.75 Å². The zero-order chi connectivity index (χ0) is 16.1. The summed E-state index contributed by atoms with van der Waals surface area (Å²) in [6.45, 7) is 0. The van der Waals surface area contributed by atoms with E-state index in [-0.39, 0.29) is 21.1 Å². The SMILES string of the molecule is O=C(Nc1cccnc1Oc1ccc(F)cc1)C(Cl)=C(Cl)Cl. The van der Waals surface area contributed by atoms with Crippen LogP contribution < -0.4 is 10.1 Å². The monoisotopic (exact) mass is 360 g/mol. The van der Waals surface area contributed by atoms with E-state index in [4.69, 9.17) is 39.5 Å². The fourth-order valence-electron chi connectivity index (χ4n) is 1.44. The number of amides is 1. The molecule has 4 nitrogen and oxygen atoms in total. The topological polar surface area (TPSA) is 51.2 Å². The molecule has 0 spiro atoms. The second kappa shape index (κ2) is 7.45. The molecule has 2 rings (SSSR count). The molecule has 0 radical (unpaired) electrons. The van der Waals surface area contributed by atoms with Crippen molar-refractivity contribution in [2.45, 2.75) is 0 Å². The van der Waals surface area contributed by atoms with Crippen molar-refractivity contribution in [1.29, 1.82) is 0 Å². The summed E-state index contributed by atoms with van der Waals surface area (Å²) in [4.78, 5) is 15.8. The normalized spacial score (nSPS) is 10.0. The van der Waals surface area contributed by atoms with E-state index < -0.39 is 11.7 Å². The third-order valence-electron chi connectivity index (χ3n) is 2.41. The largest absolute Gasteiger partial charge is 0.437 e. The molecule has 8 heteroatoms. The zero-order valence-electron chi connectivity index (χ0n) is 10.8. The van der Waals surface area contributed by atoms with Crippen LogP contribution in [0.25, 0.3) is 0 Å². The summed E-state index contributed by atoms with van der Waals surface area (Å²) < 4.78 is 18.0. The summed E-state index contributed by atoms with van der Waals surface area (Å²) in [5.74, 6) is -0.639. The summed E-state index contributed by atoms with van der Waals surface area (Å²) >= 11 is 16.5. The van der Waals surface area contributed by atoms with Gasteiger partial charge in [-0.15, -0.1) is 0 Å². The average molecular weight is 362 g/mol. The third kappa shape index (κ3) is 4.34. The minimum Gasteiger partial charge on any atom is -0.437 e. The van der Waals surface area contributed by atoms with E-state index in [1.165, 1.54) is 30.5 Å². The fourth-order valence-corrected chi connectivity index (χ4v) is 1.66. The van der Waals surface area contributed by atoms with Crippen molar-refractivity contribution in [2.24, 2.45) is 0 Å². The Bertz CT molecular complexity index is 716. The molecule has 0 unspecified atom stereocenters. The minimum absolute atomic E-state index is 0.109. The second-order valence-electron chi connectivity index (χ2n) is 3.94. The van der Waals surface area contributed by atoms with Gasteiger partial charge in [-0.1, -0.05) is 34.8 Å². The van der Waals surface area contributed by atoms with Crippen molar-refractivity contribution in [2.75, 3.05) is 5.32 Å². The van der Waals surface area contributed by atoms with Gasteiger partial charge >= 0.3 is 0 Å². The first-order valence-corrected chi connectivity index (χ1v) is 7.01. The van der Waals surface area contributed by atoms with Crippen molar-refractivity contribution in [3.8, 4) is 11.6 Å². The molecule has 0 atom stereocenters. The highest BCUT2D eigenvalue weighted by Crippen LogP contribution is 2.28. The molecular weight excluding hydrogens is 354 g/mol. The molecule has 1 amide bonds. The summed E-state index contributed by atoms with van der Waals surface area (Å²) in [5, 5.41) is 2.10. The molecule has 1 aromatic heterocycles. The smallest absolute Gasteiger partial charge is 0.269 e. The standard InChI is InChI=1S/C14H8Cl3FN2O2/c15-11(12(16)17)13(21)20-10-2-1-7-19-14(10)22-9-5-3-8(18)4-6-9/h1-7H,(H,20,21). The highest BCUT2D eigenvalue weighted by Gasteiger charge is 2.14. The first-order valence-electron chi connectivity index (χ1n) is 5.88. The van der Waals surface area contributed by atoms with Crippen LogP contribution in [0, 0.1) is 5.82 Å². The quantitative estimate of drug-likeness (QED) is 0.793. The Morgan fingerprint density at radius 1 is 1.14 bits per heavy atom. The van der Waals surface area contributed by atoms with Crippen LogP contribution in [0.2, 0.25) is 0 Å². The summed E-state index contributed by atoms with van der Waals surface area (Å²) in [7, 11) is 0. The van der Waals surface area contributed by atoms with Gasteiger partial charge in [0.1, 0.15) is 26.8 Å². The molecule has 0 aliphatic carbocycles. The van der Waals surface area contributed by atoms with Gasteiger partial charge in [-0.2, -0.15) is 0 Å². The van der Waals surface area contributed by atoms with Crippen molar-refractivity contribution >= 4 is 46.4 Å². The number of halogens is 4. The van der Waals surface area contributed by atoms with Crippen LogP contribution in [0.1, 0.15) is 0 Å². The first kappa shape index (κ1) is 16.5. The van der Waals surface area contributed by atoms with E-state index in [0.717, 1.165) is 0 Å². The number of nitrogens with one attached hydrogen (secondary N) is 1. The maximum absolute atomic E-state index is 12.9. The van der Waals surface area contributed by atoms with E-state index in [9.17, 15) is 9.18 Å². The lowest BCUT2D eigenvalue weighted by atomic mass is 10.3. The van der Waals surface area contributed by atoms with E-state index in [1.807, 2.05) is 0 Å². The first-order chi connectivity index (χ1) is 10.5. The van der Waals surface area contributed by atoms with Gasteiger partial charge in [-0.3, -0.25) is 4.79 Å². The molecule has 0 bridgehead atoms. The molecule has 1 N–H and O–H groups in total.